The van der Waals surface area contributed by atoms with E-state index in [0.717, 1.165) is 36.8 Å². The maximum Gasteiger partial charge on any atom is 0.416 e. The predicted molar refractivity (Wildman–Crippen MR) is 154 cm³/mol. The van der Waals surface area contributed by atoms with Crippen LogP contribution in [-0.2, 0) is 23.9 Å². The number of thiazole rings is 1. The molecule has 2 saturated heterocycles. The monoisotopic (exact) mass is 601 g/mol. The lowest BCUT2D eigenvalue weighted by molar-refractivity contribution is -0.142. The molecule has 0 aliphatic carbocycles. The molecule has 1 atom stereocenters. The van der Waals surface area contributed by atoms with Gasteiger partial charge in [-0.15, -0.1) is 11.3 Å². The molecule has 0 amide bonds. The summed E-state index contributed by atoms with van der Waals surface area (Å²) in [6.45, 7) is 6.17. The van der Waals surface area contributed by atoms with Crippen LogP contribution in [0.15, 0.2) is 30.6 Å². The van der Waals surface area contributed by atoms with Gasteiger partial charge in [0.05, 0.1) is 36.0 Å². The zero-order chi connectivity index (χ0) is 30.0. The third-order valence-electron chi connectivity index (χ3n) is 8.28. The second-order valence-corrected chi connectivity index (χ2v) is 12.2. The van der Waals surface area contributed by atoms with Crippen molar-refractivity contribution in [2.24, 2.45) is 5.92 Å². The highest BCUT2D eigenvalue weighted by Crippen LogP contribution is 2.38. The number of likely N-dealkylation sites (tertiary alicyclic amines) is 1. The van der Waals surface area contributed by atoms with Gasteiger partial charge in [0.25, 0.3) is 0 Å². The highest BCUT2D eigenvalue weighted by Gasteiger charge is 2.33. The summed E-state index contributed by atoms with van der Waals surface area (Å²) < 4.78 is 41.2. The largest absolute Gasteiger partial charge is 0.481 e. The average Bonchev–Trinajstić information content (AvgIpc) is 3.59. The van der Waals surface area contributed by atoms with Crippen LogP contribution in [0, 0.1) is 12.8 Å². The van der Waals surface area contributed by atoms with Crippen LogP contribution in [-0.4, -0.2) is 62.4 Å². The number of carbonyl (C=O) groups excluding carboxylic acids is 1. The van der Waals surface area contributed by atoms with Gasteiger partial charge in [-0.05, 0) is 57.2 Å². The minimum atomic E-state index is -4.48. The fraction of sp³-hybridized carbons (Fsp3) is 0.500. The van der Waals surface area contributed by atoms with Crippen LogP contribution in [0.4, 0.5) is 19.0 Å². The number of aromatic nitrogens is 3. The van der Waals surface area contributed by atoms with E-state index >= 15 is 0 Å². The van der Waals surface area contributed by atoms with E-state index in [-0.39, 0.29) is 29.4 Å². The maximum absolute atomic E-state index is 13.7. The van der Waals surface area contributed by atoms with Crippen LogP contribution in [0.5, 0.6) is 0 Å². The molecule has 1 aromatic carbocycles. The third kappa shape index (κ3) is 6.64. The van der Waals surface area contributed by atoms with Gasteiger partial charge >= 0.3 is 12.1 Å². The highest BCUT2D eigenvalue weighted by molar-refractivity contribution is 7.12. The van der Waals surface area contributed by atoms with Crippen molar-refractivity contribution in [3.05, 3.63) is 57.3 Å². The lowest BCUT2D eigenvalue weighted by Gasteiger charge is -2.30. The molecular weight excluding hydrogens is 567 g/mol. The number of alkyl halides is 3. The quantitative estimate of drug-likeness (QED) is 0.297. The summed E-state index contributed by atoms with van der Waals surface area (Å²) in [5.41, 5.74) is 0.518. The standard InChI is InChI=1S/C30H34F3N5O3S/c1-3-21-5-4-10-38(21)17-25-28(20-7-6-18(2)22(13-20)30(31,32)33)36-27(42-25)14-24(39)23-15-35-26(16-34-23)37-11-8-19(9-12-37)29(40)41/h6-7,13,15-16,19,21H,3-5,8-12,14,17H2,1-2H3,(H,40,41)/t21-/m0/s1. The minimum Gasteiger partial charge on any atom is -0.481 e. The van der Waals surface area contributed by atoms with Crippen LogP contribution >= 0.6 is 11.3 Å². The summed E-state index contributed by atoms with van der Waals surface area (Å²) in [6, 6.07) is 4.71. The zero-order valence-electron chi connectivity index (χ0n) is 23.7. The van der Waals surface area contributed by atoms with E-state index in [1.165, 1.54) is 36.7 Å². The SMILES string of the molecule is CC[C@H]1CCCN1Cc1sc(CC(=O)c2cnc(N3CCC(C(=O)O)CC3)cn2)nc1-c1ccc(C)c(C(F)(F)F)c1. The molecule has 0 radical (unpaired) electrons. The molecular formula is C30H34F3N5O3S. The van der Waals surface area contributed by atoms with Crippen molar-refractivity contribution in [3.63, 3.8) is 0 Å². The van der Waals surface area contributed by atoms with Crippen molar-refractivity contribution in [3.8, 4) is 11.3 Å². The van der Waals surface area contributed by atoms with Gasteiger partial charge in [0.2, 0.25) is 0 Å². The Kier molecular flexibility index (Phi) is 8.93. The lowest BCUT2D eigenvalue weighted by Crippen LogP contribution is -2.36. The van der Waals surface area contributed by atoms with E-state index in [1.54, 1.807) is 6.07 Å². The van der Waals surface area contributed by atoms with E-state index in [4.69, 9.17) is 4.98 Å². The fourth-order valence-corrected chi connectivity index (χ4v) is 6.96. The number of hydrogen-bond donors (Lipinski definition) is 1. The maximum atomic E-state index is 13.7. The Balaban J connectivity index is 1.36. The summed E-state index contributed by atoms with van der Waals surface area (Å²) in [5.74, 6) is -0.839. The number of carbonyl (C=O) groups is 2. The molecule has 0 bridgehead atoms. The number of ketones is 1. The summed E-state index contributed by atoms with van der Waals surface area (Å²) in [5, 5.41) is 9.73. The van der Waals surface area contributed by atoms with Crippen LogP contribution in [0.25, 0.3) is 11.3 Å². The molecule has 0 unspecified atom stereocenters. The molecule has 0 spiro atoms. The number of halogens is 3. The number of benzene rings is 1. The molecule has 42 heavy (non-hydrogen) atoms. The predicted octanol–water partition coefficient (Wildman–Crippen LogP) is 6.03. The Morgan fingerprint density at radius 2 is 1.86 bits per heavy atom. The topological polar surface area (TPSA) is 99.5 Å². The number of nitrogens with zero attached hydrogens (tertiary/aromatic N) is 5. The number of anilines is 1. The highest BCUT2D eigenvalue weighted by atomic mass is 32.1. The normalized spacial score (nSPS) is 18.5. The number of aliphatic carboxylic acids is 1. The van der Waals surface area contributed by atoms with Gasteiger partial charge in [0, 0.05) is 36.1 Å². The number of hydrogen-bond acceptors (Lipinski definition) is 8. The molecule has 2 fully saturated rings. The Bertz CT molecular complexity index is 1430. The summed E-state index contributed by atoms with van der Waals surface area (Å²) in [7, 11) is 0. The number of aryl methyl sites for hydroxylation is 1. The van der Waals surface area contributed by atoms with Gasteiger partial charge in [0.1, 0.15) is 16.5 Å². The second kappa shape index (κ2) is 12.5. The van der Waals surface area contributed by atoms with E-state index in [2.05, 4.69) is 21.8 Å². The van der Waals surface area contributed by atoms with Crippen molar-refractivity contribution in [1.82, 2.24) is 19.9 Å². The summed E-state index contributed by atoms with van der Waals surface area (Å²) >= 11 is 1.36. The van der Waals surface area contributed by atoms with Gasteiger partial charge in [-0.1, -0.05) is 19.1 Å². The van der Waals surface area contributed by atoms with E-state index in [9.17, 15) is 27.9 Å². The molecule has 2 aromatic heterocycles. The molecule has 5 rings (SSSR count). The van der Waals surface area contributed by atoms with Gasteiger partial charge in [-0.3, -0.25) is 14.5 Å². The number of carboxylic acid groups (broad SMARTS) is 1. The molecule has 4 heterocycles. The van der Waals surface area contributed by atoms with Gasteiger partial charge in [0.15, 0.2) is 5.78 Å². The fourth-order valence-electron chi connectivity index (χ4n) is 5.85. The average molecular weight is 602 g/mol. The Labute approximate surface area is 246 Å². The van der Waals surface area contributed by atoms with Gasteiger partial charge in [-0.25, -0.2) is 15.0 Å². The smallest absolute Gasteiger partial charge is 0.416 e. The van der Waals surface area contributed by atoms with Crippen molar-refractivity contribution < 1.29 is 27.9 Å². The molecule has 3 aromatic rings. The van der Waals surface area contributed by atoms with E-state index in [1.807, 2.05) is 4.90 Å². The first kappa shape index (κ1) is 30.1. The van der Waals surface area contributed by atoms with E-state index in [0.29, 0.717) is 60.6 Å². The van der Waals surface area contributed by atoms with Gasteiger partial charge < -0.3 is 10.0 Å². The second-order valence-electron chi connectivity index (χ2n) is 11.0. The van der Waals surface area contributed by atoms with Crippen LogP contribution in [0.2, 0.25) is 0 Å². The molecule has 2 aliphatic rings. The number of Topliss-reactive ketones (excluding diaryl/α,β-unsaturated/α-hetero) is 1. The van der Waals surface area contributed by atoms with E-state index < -0.39 is 17.7 Å². The Hall–Kier alpha value is -3.38. The third-order valence-corrected chi connectivity index (χ3v) is 9.32. The lowest BCUT2D eigenvalue weighted by atomic mass is 9.97. The molecule has 12 heteroatoms. The first-order valence-electron chi connectivity index (χ1n) is 14.3. The number of piperidine rings is 1. The molecule has 224 valence electrons. The molecule has 8 nitrogen and oxygen atoms in total. The van der Waals surface area contributed by atoms with Crippen molar-refractivity contribution >= 4 is 28.9 Å². The van der Waals surface area contributed by atoms with Gasteiger partial charge in [-0.2, -0.15) is 13.2 Å². The minimum absolute atomic E-state index is 0.0368. The Morgan fingerprint density at radius 3 is 2.50 bits per heavy atom. The first-order valence-corrected chi connectivity index (χ1v) is 15.1. The summed E-state index contributed by atoms with van der Waals surface area (Å²) in [6.07, 6.45) is 2.63. The molecule has 2 aliphatic heterocycles. The summed E-state index contributed by atoms with van der Waals surface area (Å²) in [4.78, 5) is 43.0. The zero-order valence-corrected chi connectivity index (χ0v) is 24.5. The van der Waals surface area contributed by atoms with Crippen molar-refractivity contribution in [1.29, 1.82) is 0 Å². The van der Waals surface area contributed by atoms with Crippen LogP contribution in [0.1, 0.15) is 70.5 Å². The van der Waals surface area contributed by atoms with Crippen molar-refractivity contribution in [2.45, 2.75) is 71.1 Å². The van der Waals surface area contributed by atoms with Crippen LogP contribution < -0.4 is 4.90 Å². The number of carboxylic acids is 1. The van der Waals surface area contributed by atoms with Crippen LogP contribution in [0.3, 0.4) is 0 Å². The number of rotatable bonds is 9. The first-order chi connectivity index (χ1) is 20.0. The molecule has 1 N–H and O–H groups in total. The Morgan fingerprint density at radius 1 is 1.10 bits per heavy atom. The van der Waals surface area contributed by atoms with Crippen molar-refractivity contribution in [2.75, 3.05) is 24.5 Å². The molecule has 0 saturated carbocycles.